The molecule has 0 saturated carbocycles. The van der Waals surface area contributed by atoms with Gasteiger partial charge in [-0.05, 0) is 110 Å². The Kier molecular flexibility index (Phi) is 22.2. The van der Waals surface area contributed by atoms with Crippen LogP contribution in [0.4, 0.5) is 40.3 Å². The molecule has 3 amide bonds. The van der Waals surface area contributed by atoms with Crippen LogP contribution in [0.2, 0.25) is 0 Å². The fourth-order valence-corrected chi connectivity index (χ4v) is 7.81. The minimum absolute atomic E-state index is 0.0273. The summed E-state index contributed by atoms with van der Waals surface area (Å²) in [7, 11) is 1.91. The first-order valence-corrected chi connectivity index (χ1v) is 21.8. The highest BCUT2D eigenvalue weighted by Crippen LogP contribution is 2.29. The van der Waals surface area contributed by atoms with Crippen LogP contribution in [-0.4, -0.2) is 62.2 Å². The van der Waals surface area contributed by atoms with E-state index in [2.05, 4.69) is 62.5 Å². The molecule has 11 nitrogen and oxygen atoms in total. The molecule has 0 fully saturated rings. The molecule has 2 unspecified atom stereocenters. The zero-order valence-corrected chi connectivity index (χ0v) is 38.2. The highest BCUT2D eigenvalue weighted by atomic mass is 32.2. The predicted molar refractivity (Wildman–Crippen MR) is 256 cm³/mol. The topological polar surface area (TPSA) is 145 Å². The van der Waals surface area contributed by atoms with E-state index in [0.29, 0.717) is 23.3 Å². The lowest BCUT2D eigenvalue weighted by molar-refractivity contribution is -0.121. The fraction of sp³-hybridized carbons (Fsp3) is 0.239. The number of thiazole rings is 1. The van der Waals surface area contributed by atoms with Crippen LogP contribution < -0.4 is 30.9 Å². The first-order valence-electron chi connectivity index (χ1n) is 19.6. The Bertz CT molecular complexity index is 2380. The zero-order valence-electron chi connectivity index (χ0n) is 35.7. The molecule has 3 atom stereocenters. The molecule has 18 heteroatoms. The Labute approximate surface area is 384 Å². The summed E-state index contributed by atoms with van der Waals surface area (Å²) in [5, 5.41) is 13.0. The first-order chi connectivity index (χ1) is 30.7. The highest BCUT2D eigenvalue weighted by molar-refractivity contribution is 8.02. The van der Waals surface area contributed by atoms with Gasteiger partial charge in [0.15, 0.2) is 0 Å². The third-order valence-electron chi connectivity index (χ3n) is 9.27. The Morgan fingerprint density at radius 2 is 1.62 bits per heavy atom. The van der Waals surface area contributed by atoms with Crippen molar-refractivity contribution in [2.75, 3.05) is 40.4 Å². The average Bonchev–Trinajstić information content (AvgIpc) is 3.73. The zero-order chi connectivity index (χ0) is 47.2. The van der Waals surface area contributed by atoms with Crippen LogP contribution in [0.15, 0.2) is 125 Å². The number of para-hydroxylation sites is 2. The van der Waals surface area contributed by atoms with E-state index in [1.165, 1.54) is 27.8 Å². The van der Waals surface area contributed by atoms with E-state index in [1.807, 2.05) is 50.5 Å². The molecule has 1 aliphatic rings. The summed E-state index contributed by atoms with van der Waals surface area (Å²) in [4.78, 5) is 50.9. The van der Waals surface area contributed by atoms with Gasteiger partial charge in [0, 0.05) is 59.9 Å². The summed E-state index contributed by atoms with van der Waals surface area (Å²) in [6, 6.07) is 21.0. The van der Waals surface area contributed by atoms with E-state index < -0.39 is 53.1 Å². The second-order valence-corrected chi connectivity index (χ2v) is 16.2. The van der Waals surface area contributed by atoms with Crippen molar-refractivity contribution in [1.82, 2.24) is 15.6 Å². The summed E-state index contributed by atoms with van der Waals surface area (Å²) >= 11 is 7.35. The van der Waals surface area contributed by atoms with Crippen LogP contribution >= 0.6 is 35.9 Å². The van der Waals surface area contributed by atoms with Gasteiger partial charge in [-0.25, -0.2) is 22.5 Å². The lowest BCUT2D eigenvalue weighted by atomic mass is 9.92. The number of benzene rings is 4. The van der Waals surface area contributed by atoms with Crippen LogP contribution in [0, 0.1) is 24.5 Å². The number of nitrogens with zero attached hydrogens (tertiary/aromatic N) is 2. The van der Waals surface area contributed by atoms with Crippen LogP contribution in [-0.2, 0) is 25.6 Å². The van der Waals surface area contributed by atoms with Gasteiger partial charge in [-0.1, -0.05) is 43.3 Å². The molecule has 4 aromatic carbocycles. The number of rotatable bonds is 16. The van der Waals surface area contributed by atoms with Crippen molar-refractivity contribution in [3.8, 4) is 0 Å². The molecule has 0 bridgehead atoms. The maximum absolute atomic E-state index is 13.7. The van der Waals surface area contributed by atoms with E-state index in [-0.39, 0.29) is 25.9 Å². The summed E-state index contributed by atoms with van der Waals surface area (Å²) < 4.78 is 58.3. The second kappa shape index (κ2) is 27.2. The number of anilines is 4. The summed E-state index contributed by atoms with van der Waals surface area (Å²) in [5.41, 5.74) is 7.48. The molecule has 64 heavy (non-hydrogen) atoms. The predicted octanol–water partition coefficient (Wildman–Crippen LogP) is 9.96. The van der Waals surface area contributed by atoms with Crippen molar-refractivity contribution in [3.63, 3.8) is 0 Å². The standard InChI is InChI=1S/C27H30F4N4O2S.C10H11NOS.C8H8N2S.CH2O/c1-16(7-18-8-20(28)12-21(29)9-18)32-26(36)14-35(25-6-4-3-5-24(25)34-38)15-27(37)33-17(2)19-10-22(30)13-23(31)11-19;1-3-13-10-5-4-9(11-7-12)6-8(10)2;1-9-6-2-3-8-7(4-6)10-5-11-8;1-2/h3-6,8-10,12-13,16-17,19,34,38H,7,11,14-15H2,1-2H3,(H,32,36)(H,33,37);3-7H,1H2,2H3,(H,11,12);2-5,9H,1H3;1H2/t16-,17?,19?;;;/m1.../s1. The van der Waals surface area contributed by atoms with Gasteiger partial charge in [-0.3, -0.25) is 14.4 Å². The number of halogens is 4. The molecule has 0 spiro atoms. The highest BCUT2D eigenvalue weighted by Gasteiger charge is 2.25. The van der Waals surface area contributed by atoms with Crippen molar-refractivity contribution in [3.05, 3.63) is 143 Å². The number of thioether (sulfide) groups is 1. The van der Waals surface area contributed by atoms with Crippen LogP contribution in [0.5, 0.6) is 0 Å². The molecular weight excluding hydrogens is 887 g/mol. The maximum atomic E-state index is 13.7. The van der Waals surface area contributed by atoms with Crippen molar-refractivity contribution in [2.24, 2.45) is 5.92 Å². The monoisotopic (exact) mass is 937 g/mol. The molecule has 0 radical (unpaired) electrons. The molecule has 1 heterocycles. The Morgan fingerprint density at radius 3 is 2.25 bits per heavy atom. The van der Waals surface area contributed by atoms with Gasteiger partial charge in [0.1, 0.15) is 30.1 Å². The average molecular weight is 938 g/mol. The number of amides is 3. The number of hydrogen-bond acceptors (Lipinski definition) is 11. The molecule has 6 rings (SSSR count). The van der Waals surface area contributed by atoms with Crippen LogP contribution in [0.3, 0.4) is 0 Å². The lowest BCUT2D eigenvalue weighted by Gasteiger charge is -2.28. The van der Waals surface area contributed by atoms with E-state index in [9.17, 15) is 31.9 Å². The number of aromatic nitrogens is 1. The number of carbonyl (C=O) groups is 4. The Balaban J connectivity index is 0.000000336. The van der Waals surface area contributed by atoms with E-state index >= 15 is 0 Å². The first kappa shape index (κ1) is 52.2. The number of carbonyl (C=O) groups excluding carboxylic acids is 4. The normalized spacial score (nSPS) is 13.5. The van der Waals surface area contributed by atoms with Gasteiger partial charge in [0.2, 0.25) is 18.2 Å². The number of thiol groups is 1. The molecule has 1 aliphatic carbocycles. The van der Waals surface area contributed by atoms with E-state index in [0.717, 1.165) is 39.5 Å². The van der Waals surface area contributed by atoms with Gasteiger partial charge in [-0.15, -0.1) is 11.3 Å². The summed E-state index contributed by atoms with van der Waals surface area (Å²) in [6.07, 6.45) is 2.93. The van der Waals surface area contributed by atoms with Crippen molar-refractivity contribution in [1.29, 1.82) is 0 Å². The largest absolute Gasteiger partial charge is 0.388 e. The second-order valence-electron chi connectivity index (χ2n) is 14.1. The van der Waals surface area contributed by atoms with Gasteiger partial charge in [-0.2, -0.15) is 0 Å². The summed E-state index contributed by atoms with van der Waals surface area (Å²) in [5.74, 6) is -4.13. The third-order valence-corrected chi connectivity index (χ3v) is 11.2. The lowest BCUT2D eigenvalue weighted by Crippen LogP contribution is -2.47. The minimum atomic E-state index is -0.703. The van der Waals surface area contributed by atoms with Gasteiger partial charge in [0.25, 0.3) is 0 Å². The van der Waals surface area contributed by atoms with Gasteiger partial charge < -0.3 is 35.7 Å². The Hall–Kier alpha value is -6.11. The molecule has 5 N–H and O–H groups in total. The van der Waals surface area contributed by atoms with E-state index in [1.54, 1.807) is 66.6 Å². The third kappa shape index (κ3) is 17.2. The number of nitrogens with one attached hydrogen (secondary N) is 5. The number of allylic oxidation sites excluding steroid dienone is 3. The molecule has 0 aliphatic heterocycles. The van der Waals surface area contributed by atoms with Crippen molar-refractivity contribution < 1.29 is 36.7 Å². The van der Waals surface area contributed by atoms with Crippen LogP contribution in [0.1, 0.15) is 31.4 Å². The SMILES string of the molecule is C=CSc1ccc(NC=O)cc1C.C=O.CC(NC(=O)CN(CC(=O)N[C@H](C)Cc1cc(F)cc(F)c1)c1ccccc1NS)C1C=C(F)C=C(F)C1.CNc1ccc2scnc2c1. The van der Waals surface area contributed by atoms with Crippen molar-refractivity contribution >= 4 is 93.9 Å². The Morgan fingerprint density at radius 1 is 0.953 bits per heavy atom. The molecule has 340 valence electrons. The number of hydrogen-bond donors (Lipinski definition) is 6. The molecule has 1 aromatic heterocycles. The van der Waals surface area contributed by atoms with Crippen LogP contribution in [0.25, 0.3) is 10.2 Å². The van der Waals surface area contributed by atoms with Gasteiger partial charge >= 0.3 is 0 Å². The summed E-state index contributed by atoms with van der Waals surface area (Å²) in [6.45, 7) is 10.6. The number of aryl methyl sites for hydroxylation is 1. The van der Waals surface area contributed by atoms with E-state index in [4.69, 9.17) is 4.79 Å². The smallest absolute Gasteiger partial charge is 0.239 e. The molecule has 5 aromatic rings. The molecule has 0 saturated heterocycles. The maximum Gasteiger partial charge on any atom is 0.239 e. The number of fused-ring (bicyclic) bond motifs is 1. The minimum Gasteiger partial charge on any atom is -0.388 e. The quantitative estimate of drug-likeness (QED) is 0.0247. The van der Waals surface area contributed by atoms with Gasteiger partial charge in [0.05, 0.1) is 40.2 Å². The fourth-order valence-electron chi connectivity index (χ4n) is 6.39. The van der Waals surface area contributed by atoms with Crippen molar-refractivity contribution in [2.45, 2.75) is 50.6 Å². The molecular formula is C46H51F4N7O4S3.